The third-order valence-electron chi connectivity index (χ3n) is 2.81. The van der Waals surface area contributed by atoms with Crippen molar-refractivity contribution >= 4 is 5.69 Å². The van der Waals surface area contributed by atoms with Crippen molar-refractivity contribution in [3.63, 3.8) is 0 Å². The van der Waals surface area contributed by atoms with Crippen LogP contribution in [-0.2, 0) is 6.54 Å². The zero-order chi connectivity index (χ0) is 11.8. The lowest BCUT2D eigenvalue weighted by molar-refractivity contribution is 0.349. The van der Waals surface area contributed by atoms with Crippen LogP contribution in [0.1, 0.15) is 12.5 Å². The number of likely N-dealkylation sites (N-methyl/N-ethyl adjacent to an activating group) is 1. The molecule has 2 N–H and O–H groups in total. The molecule has 0 bridgehead atoms. The molecule has 0 aliphatic rings. The van der Waals surface area contributed by atoms with E-state index in [0.717, 1.165) is 26.2 Å². The van der Waals surface area contributed by atoms with E-state index in [2.05, 4.69) is 53.8 Å². The molecule has 0 aliphatic heterocycles. The van der Waals surface area contributed by atoms with Crippen molar-refractivity contribution in [2.75, 3.05) is 39.0 Å². The van der Waals surface area contributed by atoms with Crippen molar-refractivity contribution in [2.45, 2.75) is 13.5 Å². The maximum Gasteiger partial charge on any atom is 0.0383 e. The Morgan fingerprint density at radius 3 is 2.69 bits per heavy atom. The van der Waals surface area contributed by atoms with E-state index in [1.807, 2.05) is 7.05 Å². The van der Waals surface area contributed by atoms with Crippen molar-refractivity contribution in [1.82, 2.24) is 10.2 Å². The quantitative estimate of drug-likeness (QED) is 0.687. The molecule has 3 nitrogen and oxygen atoms in total. The van der Waals surface area contributed by atoms with Gasteiger partial charge in [-0.25, -0.2) is 0 Å². The number of hydrogen-bond donors (Lipinski definition) is 2. The van der Waals surface area contributed by atoms with Gasteiger partial charge in [-0.2, -0.15) is 0 Å². The minimum absolute atomic E-state index is 0.925. The summed E-state index contributed by atoms with van der Waals surface area (Å²) in [6.45, 7) is 6.33. The van der Waals surface area contributed by atoms with Crippen molar-refractivity contribution in [1.29, 1.82) is 0 Å². The second kappa shape index (κ2) is 7.25. The molecule has 0 saturated carbocycles. The Labute approximate surface area is 98.8 Å². The molecule has 3 heteroatoms. The molecular weight excluding hydrogens is 198 g/mol. The Balaban J connectivity index is 2.31. The average Bonchev–Trinajstić information content (AvgIpc) is 2.34. The zero-order valence-electron chi connectivity index (χ0n) is 10.6. The predicted octanol–water partition coefficient (Wildman–Crippen LogP) is 1.77. The topological polar surface area (TPSA) is 27.3 Å². The lowest BCUT2D eigenvalue weighted by Gasteiger charge is -2.15. The van der Waals surface area contributed by atoms with Gasteiger partial charge in [0.05, 0.1) is 0 Å². The van der Waals surface area contributed by atoms with Gasteiger partial charge in [-0.05, 0) is 25.2 Å². The Hall–Kier alpha value is -1.06. The van der Waals surface area contributed by atoms with Gasteiger partial charge in [-0.1, -0.05) is 25.1 Å². The molecule has 0 unspecified atom stereocenters. The summed E-state index contributed by atoms with van der Waals surface area (Å²) >= 11 is 0. The SMILES string of the molecule is CCN(C)CCNCc1ccccc1NC. The second-order valence-corrected chi connectivity index (χ2v) is 3.98. The van der Waals surface area contributed by atoms with Gasteiger partial charge >= 0.3 is 0 Å². The van der Waals surface area contributed by atoms with Gasteiger partial charge in [-0.15, -0.1) is 0 Å². The van der Waals surface area contributed by atoms with Crippen LogP contribution in [0.25, 0.3) is 0 Å². The molecule has 0 aliphatic carbocycles. The normalized spacial score (nSPS) is 10.8. The molecule has 0 radical (unpaired) electrons. The number of hydrogen-bond acceptors (Lipinski definition) is 3. The highest BCUT2D eigenvalue weighted by molar-refractivity contribution is 5.50. The number of rotatable bonds is 7. The fraction of sp³-hybridized carbons (Fsp3) is 0.538. The minimum atomic E-state index is 0.925. The van der Waals surface area contributed by atoms with Gasteiger partial charge < -0.3 is 15.5 Å². The summed E-state index contributed by atoms with van der Waals surface area (Å²) in [5, 5.41) is 6.67. The van der Waals surface area contributed by atoms with Crippen molar-refractivity contribution in [3.8, 4) is 0 Å². The average molecular weight is 221 g/mol. The van der Waals surface area contributed by atoms with Gasteiger partial charge in [0, 0.05) is 32.4 Å². The van der Waals surface area contributed by atoms with Crippen LogP contribution in [0.3, 0.4) is 0 Å². The van der Waals surface area contributed by atoms with E-state index >= 15 is 0 Å². The number of benzene rings is 1. The van der Waals surface area contributed by atoms with Crippen molar-refractivity contribution < 1.29 is 0 Å². The van der Waals surface area contributed by atoms with Crippen LogP contribution >= 0.6 is 0 Å². The summed E-state index contributed by atoms with van der Waals surface area (Å²) in [5.41, 5.74) is 2.53. The molecular formula is C13H23N3. The number of nitrogens with zero attached hydrogens (tertiary/aromatic N) is 1. The van der Waals surface area contributed by atoms with Crippen LogP contribution in [0.15, 0.2) is 24.3 Å². The lowest BCUT2D eigenvalue weighted by atomic mass is 10.2. The van der Waals surface area contributed by atoms with Gasteiger partial charge in [0.2, 0.25) is 0 Å². The number of nitrogens with one attached hydrogen (secondary N) is 2. The standard InChI is InChI=1S/C13H23N3/c1-4-16(3)10-9-15-11-12-7-5-6-8-13(12)14-2/h5-8,14-15H,4,9-11H2,1-3H3. The first-order chi connectivity index (χ1) is 7.77. The molecule has 16 heavy (non-hydrogen) atoms. The van der Waals surface area contributed by atoms with Crippen LogP contribution < -0.4 is 10.6 Å². The maximum absolute atomic E-state index is 3.46. The van der Waals surface area contributed by atoms with Gasteiger partial charge in [-0.3, -0.25) is 0 Å². The van der Waals surface area contributed by atoms with Gasteiger partial charge in [0.25, 0.3) is 0 Å². The van der Waals surface area contributed by atoms with E-state index in [1.54, 1.807) is 0 Å². The van der Waals surface area contributed by atoms with Crippen molar-refractivity contribution in [3.05, 3.63) is 29.8 Å². The number of para-hydroxylation sites is 1. The molecule has 1 rings (SSSR count). The Kier molecular flexibility index (Phi) is 5.90. The highest BCUT2D eigenvalue weighted by Gasteiger charge is 1.99. The Bertz CT molecular complexity index is 299. The third-order valence-corrected chi connectivity index (χ3v) is 2.81. The van der Waals surface area contributed by atoms with E-state index in [1.165, 1.54) is 11.3 Å². The largest absolute Gasteiger partial charge is 0.388 e. The first-order valence-electron chi connectivity index (χ1n) is 5.92. The second-order valence-electron chi connectivity index (χ2n) is 3.98. The summed E-state index contributed by atoms with van der Waals surface area (Å²) < 4.78 is 0. The molecule has 1 aromatic rings. The maximum atomic E-state index is 3.46. The third kappa shape index (κ3) is 4.21. The Morgan fingerprint density at radius 1 is 1.25 bits per heavy atom. The highest BCUT2D eigenvalue weighted by atomic mass is 15.1. The summed E-state index contributed by atoms with van der Waals surface area (Å²) in [7, 11) is 4.10. The molecule has 0 aromatic heterocycles. The molecule has 0 heterocycles. The van der Waals surface area contributed by atoms with Gasteiger partial charge in [0.1, 0.15) is 0 Å². The van der Waals surface area contributed by atoms with Crippen LogP contribution in [-0.4, -0.2) is 38.6 Å². The van der Waals surface area contributed by atoms with E-state index in [-0.39, 0.29) is 0 Å². The molecule has 1 aromatic carbocycles. The zero-order valence-corrected chi connectivity index (χ0v) is 10.6. The molecule has 90 valence electrons. The lowest BCUT2D eigenvalue weighted by Crippen LogP contribution is -2.28. The van der Waals surface area contributed by atoms with E-state index in [9.17, 15) is 0 Å². The summed E-state index contributed by atoms with van der Waals surface area (Å²) in [5.74, 6) is 0. The Morgan fingerprint density at radius 2 is 2.00 bits per heavy atom. The summed E-state index contributed by atoms with van der Waals surface area (Å²) in [6.07, 6.45) is 0. The molecule has 0 spiro atoms. The first kappa shape index (κ1) is 13.0. The molecule has 0 amide bonds. The minimum Gasteiger partial charge on any atom is -0.388 e. The number of anilines is 1. The highest BCUT2D eigenvalue weighted by Crippen LogP contribution is 2.13. The summed E-state index contributed by atoms with van der Waals surface area (Å²) in [4.78, 5) is 2.30. The predicted molar refractivity (Wildman–Crippen MR) is 70.9 cm³/mol. The van der Waals surface area contributed by atoms with Crippen LogP contribution in [0.5, 0.6) is 0 Å². The van der Waals surface area contributed by atoms with Crippen LogP contribution in [0.4, 0.5) is 5.69 Å². The van der Waals surface area contributed by atoms with Crippen molar-refractivity contribution in [2.24, 2.45) is 0 Å². The fourth-order valence-electron chi connectivity index (χ4n) is 1.57. The van der Waals surface area contributed by atoms with Crippen LogP contribution in [0, 0.1) is 0 Å². The van der Waals surface area contributed by atoms with E-state index < -0.39 is 0 Å². The van der Waals surface area contributed by atoms with Gasteiger partial charge in [0.15, 0.2) is 0 Å². The summed E-state index contributed by atoms with van der Waals surface area (Å²) in [6, 6.07) is 8.40. The molecule has 0 saturated heterocycles. The smallest absolute Gasteiger partial charge is 0.0383 e. The fourth-order valence-corrected chi connectivity index (χ4v) is 1.57. The monoisotopic (exact) mass is 221 g/mol. The van der Waals surface area contributed by atoms with E-state index in [0.29, 0.717) is 0 Å². The molecule has 0 fully saturated rings. The molecule has 0 atom stereocenters. The van der Waals surface area contributed by atoms with Crippen LogP contribution in [0.2, 0.25) is 0 Å². The van der Waals surface area contributed by atoms with E-state index in [4.69, 9.17) is 0 Å². The first-order valence-corrected chi connectivity index (χ1v) is 5.92.